The van der Waals surface area contributed by atoms with Gasteiger partial charge in [0.15, 0.2) is 0 Å². The zero-order valence-electron chi connectivity index (χ0n) is 24.8. The van der Waals surface area contributed by atoms with Crippen LogP contribution in [0.4, 0.5) is 5.69 Å². The zero-order valence-corrected chi connectivity index (χ0v) is 27.1. The summed E-state index contributed by atoms with van der Waals surface area (Å²) in [4.78, 5) is 29.7. The Morgan fingerprint density at radius 3 is 2.14 bits per heavy atom. The van der Waals surface area contributed by atoms with Gasteiger partial charge < -0.3 is 10.2 Å². The van der Waals surface area contributed by atoms with Gasteiger partial charge in [0.2, 0.25) is 21.8 Å². The fraction of sp³-hybridized carbons (Fsp3) is 0.394. The standard InChI is InChI=1S/C33H39Cl2N3O4S/c1-23(2)26-14-16-28(17-15-26)38(43(3,41)42)22-32(39)37(21-25-13-18-29(34)30(35)19-25)31(20-24-9-5-4-6-10-24)33(40)36-27-11-7-8-12-27/h4-6,9-10,13-19,23,27,31H,7-8,11-12,20-22H2,1-3H3,(H,36,40)/t31-/m1/s1. The summed E-state index contributed by atoms with van der Waals surface area (Å²) in [5.41, 5.74) is 2.98. The summed E-state index contributed by atoms with van der Waals surface area (Å²) in [6.07, 6.45) is 5.19. The number of nitrogens with zero attached hydrogens (tertiary/aromatic N) is 2. The molecule has 1 fully saturated rings. The predicted molar refractivity (Wildman–Crippen MR) is 174 cm³/mol. The SMILES string of the molecule is CC(C)c1ccc(N(CC(=O)N(Cc2ccc(Cl)c(Cl)c2)[C@H](Cc2ccccc2)C(=O)NC2CCCC2)S(C)(=O)=O)cc1. The van der Waals surface area contributed by atoms with Crippen molar-refractivity contribution in [1.82, 2.24) is 10.2 Å². The maximum Gasteiger partial charge on any atom is 0.244 e. The van der Waals surface area contributed by atoms with E-state index in [0.717, 1.165) is 47.4 Å². The van der Waals surface area contributed by atoms with Gasteiger partial charge in [-0.15, -0.1) is 0 Å². The van der Waals surface area contributed by atoms with Crippen molar-refractivity contribution >= 4 is 50.7 Å². The Kier molecular flexibility index (Phi) is 11.2. The first-order valence-corrected chi connectivity index (χ1v) is 17.2. The summed E-state index contributed by atoms with van der Waals surface area (Å²) in [6, 6.07) is 20.9. The Hall–Kier alpha value is -3.07. The molecule has 0 saturated heterocycles. The Bertz CT molecular complexity index is 1510. The van der Waals surface area contributed by atoms with Crippen LogP contribution < -0.4 is 9.62 Å². The molecule has 7 nitrogen and oxygen atoms in total. The van der Waals surface area contributed by atoms with E-state index < -0.39 is 28.5 Å². The average molecular weight is 645 g/mol. The lowest BCUT2D eigenvalue weighted by atomic mass is 10.0. The Morgan fingerprint density at radius 2 is 1.56 bits per heavy atom. The van der Waals surface area contributed by atoms with E-state index in [9.17, 15) is 18.0 Å². The van der Waals surface area contributed by atoms with Gasteiger partial charge in [0.25, 0.3) is 0 Å². The highest BCUT2D eigenvalue weighted by molar-refractivity contribution is 7.92. The fourth-order valence-electron chi connectivity index (χ4n) is 5.40. The molecule has 0 unspecified atom stereocenters. The van der Waals surface area contributed by atoms with Gasteiger partial charge in [-0.05, 0) is 59.7 Å². The lowest BCUT2D eigenvalue weighted by Crippen LogP contribution is -2.54. The molecule has 1 atom stereocenters. The number of carbonyl (C=O) groups is 2. The number of hydrogen-bond acceptors (Lipinski definition) is 4. The molecular weight excluding hydrogens is 605 g/mol. The van der Waals surface area contributed by atoms with Gasteiger partial charge in [-0.3, -0.25) is 13.9 Å². The second kappa shape index (κ2) is 14.6. The maximum atomic E-state index is 14.3. The van der Waals surface area contributed by atoms with E-state index in [0.29, 0.717) is 21.3 Å². The molecule has 230 valence electrons. The Morgan fingerprint density at radius 1 is 0.907 bits per heavy atom. The number of rotatable bonds is 12. The number of halogens is 2. The molecule has 1 aliphatic carbocycles. The highest BCUT2D eigenvalue weighted by Gasteiger charge is 2.34. The first-order chi connectivity index (χ1) is 20.4. The summed E-state index contributed by atoms with van der Waals surface area (Å²) < 4.78 is 27.1. The molecule has 0 heterocycles. The zero-order chi connectivity index (χ0) is 31.1. The van der Waals surface area contributed by atoms with Crippen molar-refractivity contribution in [3.8, 4) is 0 Å². The van der Waals surface area contributed by atoms with Crippen LogP contribution >= 0.6 is 23.2 Å². The van der Waals surface area contributed by atoms with E-state index >= 15 is 0 Å². The van der Waals surface area contributed by atoms with Gasteiger partial charge in [-0.1, -0.05) is 98.4 Å². The smallest absolute Gasteiger partial charge is 0.244 e. The summed E-state index contributed by atoms with van der Waals surface area (Å²) in [6.45, 7) is 3.67. The van der Waals surface area contributed by atoms with E-state index in [1.165, 1.54) is 4.90 Å². The molecule has 0 spiro atoms. The third-order valence-electron chi connectivity index (χ3n) is 7.84. The highest BCUT2D eigenvalue weighted by atomic mass is 35.5. The van der Waals surface area contributed by atoms with Gasteiger partial charge in [0.05, 0.1) is 22.0 Å². The van der Waals surface area contributed by atoms with E-state index in [1.54, 1.807) is 30.3 Å². The van der Waals surface area contributed by atoms with Gasteiger partial charge in [-0.25, -0.2) is 8.42 Å². The molecule has 0 aliphatic heterocycles. The molecule has 2 amide bonds. The third-order valence-corrected chi connectivity index (χ3v) is 9.72. The molecule has 0 bridgehead atoms. The van der Waals surface area contributed by atoms with E-state index in [2.05, 4.69) is 19.2 Å². The van der Waals surface area contributed by atoms with Crippen molar-refractivity contribution in [2.24, 2.45) is 0 Å². The molecule has 3 aromatic rings. The molecule has 10 heteroatoms. The topological polar surface area (TPSA) is 86.8 Å². The second-order valence-corrected chi connectivity index (χ2v) is 14.2. The molecule has 1 saturated carbocycles. The van der Waals surface area contributed by atoms with Crippen LogP contribution in [-0.4, -0.2) is 50.0 Å². The lowest BCUT2D eigenvalue weighted by Gasteiger charge is -2.34. The molecular formula is C33H39Cl2N3O4S. The first-order valence-electron chi connectivity index (χ1n) is 14.6. The van der Waals surface area contributed by atoms with Crippen molar-refractivity contribution in [3.63, 3.8) is 0 Å². The first kappa shape index (κ1) is 32.8. The average Bonchev–Trinajstić information content (AvgIpc) is 3.48. The van der Waals surface area contributed by atoms with Crippen LogP contribution in [0.25, 0.3) is 0 Å². The largest absolute Gasteiger partial charge is 0.352 e. The summed E-state index contributed by atoms with van der Waals surface area (Å²) >= 11 is 12.5. The van der Waals surface area contributed by atoms with E-state index in [4.69, 9.17) is 23.2 Å². The minimum atomic E-state index is -3.84. The molecule has 4 rings (SSSR count). The molecule has 3 aromatic carbocycles. The number of amides is 2. The number of carbonyl (C=O) groups excluding carboxylic acids is 2. The minimum Gasteiger partial charge on any atom is -0.352 e. The minimum absolute atomic E-state index is 0.0369. The highest BCUT2D eigenvalue weighted by Crippen LogP contribution is 2.26. The van der Waals surface area contributed by atoms with Gasteiger partial charge in [-0.2, -0.15) is 0 Å². The number of anilines is 1. The Labute approximate surface area is 265 Å². The molecule has 0 radical (unpaired) electrons. The normalized spacial score (nSPS) is 14.5. The molecule has 0 aromatic heterocycles. The van der Waals surface area contributed by atoms with Crippen LogP contribution in [0.1, 0.15) is 62.1 Å². The Balaban J connectivity index is 1.73. The predicted octanol–water partition coefficient (Wildman–Crippen LogP) is 6.58. The van der Waals surface area contributed by atoms with Crippen LogP contribution in [0, 0.1) is 0 Å². The molecule has 1 N–H and O–H groups in total. The van der Waals surface area contributed by atoms with Gasteiger partial charge in [0.1, 0.15) is 12.6 Å². The molecule has 1 aliphatic rings. The van der Waals surface area contributed by atoms with Crippen molar-refractivity contribution in [1.29, 1.82) is 0 Å². The fourth-order valence-corrected chi connectivity index (χ4v) is 6.57. The van der Waals surface area contributed by atoms with Crippen molar-refractivity contribution < 1.29 is 18.0 Å². The summed E-state index contributed by atoms with van der Waals surface area (Å²) in [7, 11) is -3.84. The van der Waals surface area contributed by atoms with Gasteiger partial charge in [0, 0.05) is 19.0 Å². The second-order valence-electron chi connectivity index (χ2n) is 11.5. The lowest BCUT2D eigenvalue weighted by molar-refractivity contribution is -0.140. The number of nitrogens with one attached hydrogen (secondary N) is 1. The summed E-state index contributed by atoms with van der Waals surface area (Å²) in [5.74, 6) is -0.510. The molecule has 43 heavy (non-hydrogen) atoms. The number of hydrogen-bond donors (Lipinski definition) is 1. The summed E-state index contributed by atoms with van der Waals surface area (Å²) in [5, 5.41) is 3.86. The quantitative estimate of drug-likeness (QED) is 0.241. The number of benzene rings is 3. The maximum absolute atomic E-state index is 14.3. The van der Waals surface area contributed by atoms with E-state index in [-0.39, 0.29) is 30.8 Å². The van der Waals surface area contributed by atoms with E-state index in [1.807, 2.05) is 42.5 Å². The third kappa shape index (κ3) is 8.97. The van der Waals surface area contributed by atoms with Crippen LogP contribution in [0.3, 0.4) is 0 Å². The van der Waals surface area contributed by atoms with Gasteiger partial charge >= 0.3 is 0 Å². The van der Waals surface area contributed by atoms with Crippen LogP contribution in [0.5, 0.6) is 0 Å². The van der Waals surface area contributed by atoms with Crippen molar-refractivity contribution in [2.45, 2.75) is 70.5 Å². The van der Waals surface area contributed by atoms with Crippen LogP contribution in [0.2, 0.25) is 10.0 Å². The van der Waals surface area contributed by atoms with Crippen molar-refractivity contribution in [2.75, 3.05) is 17.1 Å². The monoisotopic (exact) mass is 643 g/mol. The van der Waals surface area contributed by atoms with Crippen LogP contribution in [-0.2, 0) is 32.6 Å². The van der Waals surface area contributed by atoms with Crippen LogP contribution in [0.15, 0.2) is 72.8 Å². The van der Waals surface area contributed by atoms with Crippen molar-refractivity contribution in [3.05, 3.63) is 99.5 Å². The number of sulfonamides is 1.